The number of benzene rings is 1. The van der Waals surface area contributed by atoms with Gasteiger partial charge in [-0.3, -0.25) is 0 Å². The van der Waals surface area contributed by atoms with Gasteiger partial charge in [-0.15, -0.1) is 6.58 Å². The third-order valence-corrected chi connectivity index (χ3v) is 2.67. The number of nitrogens with one attached hydrogen (secondary N) is 1. The second kappa shape index (κ2) is 4.41. The molecule has 0 amide bonds. The molecule has 1 aliphatic heterocycles. The zero-order valence-corrected chi connectivity index (χ0v) is 9.00. The lowest BCUT2D eigenvalue weighted by atomic mass is 10.1. The predicted octanol–water partition coefficient (Wildman–Crippen LogP) is 3.11. The molecule has 1 heterocycles. The first-order valence-corrected chi connectivity index (χ1v) is 5.17. The van der Waals surface area contributed by atoms with Crippen molar-refractivity contribution < 1.29 is 17.9 Å². The Morgan fingerprint density at radius 2 is 2.06 bits per heavy atom. The van der Waals surface area contributed by atoms with Gasteiger partial charge in [0.2, 0.25) is 0 Å². The topological polar surface area (TPSA) is 21.3 Å². The smallest absolute Gasteiger partial charge is 0.371 e. The molecule has 0 saturated heterocycles. The van der Waals surface area contributed by atoms with Gasteiger partial charge in [0.1, 0.15) is 6.10 Å². The minimum absolute atomic E-state index is 0.145. The van der Waals surface area contributed by atoms with Crippen LogP contribution in [0.5, 0.6) is 0 Å². The molecule has 0 fully saturated rings. The van der Waals surface area contributed by atoms with E-state index in [1.54, 1.807) is 24.3 Å². The van der Waals surface area contributed by atoms with Gasteiger partial charge in [-0.2, -0.15) is 13.2 Å². The van der Waals surface area contributed by atoms with E-state index in [1.807, 2.05) is 0 Å². The minimum Gasteiger partial charge on any atom is -0.371 e. The fraction of sp³-hybridized carbons (Fsp3) is 0.333. The number of fused-ring (bicyclic) bond motifs is 1. The molecule has 5 heteroatoms. The summed E-state index contributed by atoms with van der Waals surface area (Å²) in [5.74, 6) is 0. The van der Waals surface area contributed by atoms with Gasteiger partial charge in [0.25, 0.3) is 0 Å². The summed E-state index contributed by atoms with van der Waals surface area (Å²) >= 11 is 0. The van der Waals surface area contributed by atoms with E-state index in [4.69, 9.17) is 4.74 Å². The first-order valence-electron chi connectivity index (χ1n) is 5.17. The molecule has 0 aromatic heterocycles. The van der Waals surface area contributed by atoms with E-state index in [9.17, 15) is 13.2 Å². The lowest BCUT2D eigenvalue weighted by Crippen LogP contribution is -2.45. The second-order valence-corrected chi connectivity index (χ2v) is 3.83. The average Bonchev–Trinajstić information content (AvgIpc) is 2.47. The third kappa shape index (κ3) is 2.44. The summed E-state index contributed by atoms with van der Waals surface area (Å²) in [5, 5.41) is 2.48. The van der Waals surface area contributed by atoms with Crippen LogP contribution in [0.4, 0.5) is 18.9 Å². The van der Waals surface area contributed by atoms with Gasteiger partial charge in [-0.1, -0.05) is 24.3 Å². The van der Waals surface area contributed by atoms with Crippen molar-refractivity contribution in [2.45, 2.75) is 24.9 Å². The molecular formula is C12H12F3NO. The van der Waals surface area contributed by atoms with Crippen molar-refractivity contribution in [3.63, 3.8) is 0 Å². The Labute approximate surface area is 97.1 Å². The number of alkyl halides is 3. The van der Waals surface area contributed by atoms with Crippen LogP contribution in [0.1, 0.15) is 5.56 Å². The van der Waals surface area contributed by atoms with Crippen LogP contribution >= 0.6 is 0 Å². The van der Waals surface area contributed by atoms with Crippen LogP contribution in [0, 0.1) is 0 Å². The fourth-order valence-corrected chi connectivity index (χ4v) is 1.79. The Balaban J connectivity index is 2.35. The number of halogens is 3. The highest BCUT2D eigenvalue weighted by Gasteiger charge is 2.45. The summed E-state index contributed by atoms with van der Waals surface area (Å²) in [5.41, 5.74) is 1.17. The molecule has 1 N–H and O–H groups in total. The highest BCUT2D eigenvalue weighted by atomic mass is 19.4. The molecule has 0 saturated carbocycles. The van der Waals surface area contributed by atoms with Crippen LogP contribution in [0.3, 0.4) is 0 Å². The Morgan fingerprint density at radius 3 is 2.71 bits per heavy atom. The predicted molar refractivity (Wildman–Crippen MR) is 58.7 cm³/mol. The lowest BCUT2D eigenvalue weighted by Gasteiger charge is -2.25. The minimum atomic E-state index is -4.38. The fourth-order valence-electron chi connectivity index (χ4n) is 1.79. The van der Waals surface area contributed by atoms with Crippen molar-refractivity contribution in [1.29, 1.82) is 0 Å². The van der Waals surface area contributed by atoms with Gasteiger partial charge >= 0.3 is 6.18 Å². The molecular weight excluding hydrogens is 231 g/mol. The maximum atomic E-state index is 12.9. The van der Waals surface area contributed by atoms with Crippen LogP contribution < -0.4 is 5.32 Å². The summed E-state index contributed by atoms with van der Waals surface area (Å²) in [6.45, 7) is 3.53. The number of anilines is 1. The monoisotopic (exact) mass is 243 g/mol. The van der Waals surface area contributed by atoms with Gasteiger partial charge in [-0.05, 0) is 6.07 Å². The summed E-state index contributed by atoms with van der Waals surface area (Å²) in [6, 6.07) is 5.04. The van der Waals surface area contributed by atoms with Gasteiger partial charge < -0.3 is 10.1 Å². The van der Waals surface area contributed by atoms with E-state index >= 15 is 0 Å². The quantitative estimate of drug-likeness (QED) is 0.765. The molecule has 2 atom stereocenters. The zero-order valence-electron chi connectivity index (χ0n) is 9.00. The number of para-hydroxylation sites is 1. The van der Waals surface area contributed by atoms with Gasteiger partial charge in [-0.25, -0.2) is 0 Å². The molecule has 17 heavy (non-hydrogen) atoms. The van der Waals surface area contributed by atoms with Crippen molar-refractivity contribution in [1.82, 2.24) is 0 Å². The highest BCUT2D eigenvalue weighted by Crippen LogP contribution is 2.32. The maximum Gasteiger partial charge on any atom is 0.411 e. The first kappa shape index (κ1) is 12.0. The van der Waals surface area contributed by atoms with Crippen LogP contribution in [0.15, 0.2) is 36.9 Å². The largest absolute Gasteiger partial charge is 0.411 e. The van der Waals surface area contributed by atoms with Crippen molar-refractivity contribution in [2.24, 2.45) is 0 Å². The summed E-state index contributed by atoms with van der Waals surface area (Å²) < 4.78 is 43.8. The normalized spacial score (nSPS) is 24.4. The molecule has 1 aliphatic rings. The van der Waals surface area contributed by atoms with Crippen LogP contribution in [-0.2, 0) is 11.3 Å². The van der Waals surface area contributed by atoms with E-state index in [0.717, 1.165) is 0 Å². The Bertz CT molecular complexity index is 416. The van der Waals surface area contributed by atoms with Gasteiger partial charge in [0.05, 0.1) is 6.61 Å². The number of rotatable bonds is 1. The van der Waals surface area contributed by atoms with Crippen molar-refractivity contribution in [2.75, 3.05) is 5.32 Å². The van der Waals surface area contributed by atoms with E-state index in [1.165, 1.54) is 6.08 Å². The van der Waals surface area contributed by atoms with Crippen molar-refractivity contribution in [3.05, 3.63) is 42.5 Å². The molecule has 2 nitrogen and oxygen atoms in total. The summed E-state index contributed by atoms with van der Waals surface area (Å²) in [4.78, 5) is 0. The van der Waals surface area contributed by atoms with Crippen LogP contribution in [0.2, 0.25) is 0 Å². The molecule has 1 aromatic carbocycles. The molecule has 2 rings (SSSR count). The number of hydrogen-bond acceptors (Lipinski definition) is 2. The van der Waals surface area contributed by atoms with Crippen molar-refractivity contribution in [3.8, 4) is 0 Å². The highest BCUT2D eigenvalue weighted by molar-refractivity contribution is 5.52. The van der Waals surface area contributed by atoms with E-state index in [0.29, 0.717) is 11.3 Å². The molecule has 0 bridgehead atoms. The second-order valence-electron chi connectivity index (χ2n) is 3.83. The Hall–Kier alpha value is -1.49. The summed E-state index contributed by atoms with van der Waals surface area (Å²) in [6.07, 6.45) is -4.28. The van der Waals surface area contributed by atoms with Crippen LogP contribution in [0.25, 0.3) is 0 Å². The number of hydrogen-bond donors (Lipinski definition) is 1. The van der Waals surface area contributed by atoms with Gasteiger partial charge in [0.15, 0.2) is 6.04 Å². The molecule has 0 aliphatic carbocycles. The zero-order chi connectivity index (χ0) is 12.5. The lowest BCUT2D eigenvalue weighted by molar-refractivity contribution is -0.163. The Kier molecular flexibility index (Phi) is 3.11. The van der Waals surface area contributed by atoms with Crippen LogP contribution in [-0.4, -0.2) is 18.3 Å². The van der Waals surface area contributed by atoms with Gasteiger partial charge in [0, 0.05) is 11.3 Å². The van der Waals surface area contributed by atoms with Crippen molar-refractivity contribution >= 4 is 5.69 Å². The Morgan fingerprint density at radius 1 is 1.35 bits per heavy atom. The molecule has 92 valence electrons. The molecule has 0 radical (unpaired) electrons. The van der Waals surface area contributed by atoms with E-state index in [2.05, 4.69) is 11.9 Å². The average molecular weight is 243 g/mol. The van der Waals surface area contributed by atoms with E-state index in [-0.39, 0.29) is 6.61 Å². The number of ether oxygens (including phenoxy) is 1. The molecule has 0 spiro atoms. The SMILES string of the molecule is C=C[C@@H]1OCc2ccccc2NC1C(F)(F)F. The first-order chi connectivity index (χ1) is 8.02. The third-order valence-electron chi connectivity index (χ3n) is 2.67. The molecule has 1 unspecified atom stereocenters. The standard InChI is InChI=1S/C12H12F3NO/c1-2-10-11(12(13,14)15)16-9-6-4-3-5-8(9)7-17-10/h2-6,10-11,16H,1,7H2/t10-,11?/m0/s1. The summed E-state index contributed by atoms with van der Waals surface area (Å²) in [7, 11) is 0. The maximum absolute atomic E-state index is 12.9. The molecule has 1 aromatic rings. The van der Waals surface area contributed by atoms with E-state index < -0.39 is 18.3 Å².